The quantitative estimate of drug-likeness (QED) is 0.638. The van der Waals surface area contributed by atoms with Crippen LogP contribution in [0.25, 0.3) is 11.4 Å². The van der Waals surface area contributed by atoms with Crippen molar-refractivity contribution in [3.8, 4) is 17.1 Å². The van der Waals surface area contributed by atoms with E-state index in [1.165, 1.54) is 16.0 Å². The second-order valence-corrected chi connectivity index (χ2v) is 6.33. The van der Waals surface area contributed by atoms with Gasteiger partial charge in [0.25, 0.3) is 0 Å². The molecule has 0 atom stereocenters. The minimum Gasteiger partial charge on any atom is -0.497 e. The van der Waals surface area contributed by atoms with Crippen LogP contribution in [0.3, 0.4) is 0 Å². The predicted octanol–water partition coefficient (Wildman–Crippen LogP) is 4.65. The van der Waals surface area contributed by atoms with Gasteiger partial charge in [-0.1, -0.05) is 23.4 Å². The first-order valence-electron chi connectivity index (χ1n) is 7.33. The third kappa shape index (κ3) is 3.74. The van der Waals surface area contributed by atoms with Crippen molar-refractivity contribution in [3.63, 3.8) is 0 Å². The average molecular weight is 326 g/mol. The zero-order valence-electron chi connectivity index (χ0n) is 13.4. The molecule has 2 aromatic carbocycles. The fraction of sp³-hybridized carbons (Fsp3) is 0.222. The zero-order valence-corrected chi connectivity index (χ0v) is 14.2. The number of hydrogen-bond donors (Lipinski definition) is 0. The van der Waals surface area contributed by atoms with Crippen molar-refractivity contribution in [2.24, 2.45) is 0 Å². The predicted molar refractivity (Wildman–Crippen MR) is 91.8 cm³/mol. The highest BCUT2D eigenvalue weighted by molar-refractivity contribution is 7.98. The zero-order chi connectivity index (χ0) is 16.2. The van der Waals surface area contributed by atoms with Gasteiger partial charge in [-0.3, -0.25) is 0 Å². The molecule has 0 bridgehead atoms. The highest BCUT2D eigenvalue weighted by Crippen LogP contribution is 2.26. The molecule has 0 radical (unpaired) electrons. The third-order valence-corrected chi connectivity index (χ3v) is 4.62. The van der Waals surface area contributed by atoms with E-state index >= 15 is 0 Å². The number of thioether (sulfide) groups is 1. The maximum Gasteiger partial charge on any atom is 0.237 e. The monoisotopic (exact) mass is 326 g/mol. The fourth-order valence-electron chi connectivity index (χ4n) is 2.14. The highest BCUT2D eigenvalue weighted by atomic mass is 32.2. The van der Waals surface area contributed by atoms with Crippen molar-refractivity contribution in [1.29, 1.82) is 0 Å². The first-order chi connectivity index (χ1) is 11.2. The number of nitrogens with zero attached hydrogens (tertiary/aromatic N) is 2. The molecule has 0 aliphatic rings. The van der Waals surface area contributed by atoms with Gasteiger partial charge in [0.2, 0.25) is 11.7 Å². The smallest absolute Gasteiger partial charge is 0.237 e. The molecule has 0 unspecified atom stereocenters. The van der Waals surface area contributed by atoms with Crippen LogP contribution in [0.4, 0.5) is 0 Å². The Balaban J connectivity index is 1.70. The summed E-state index contributed by atoms with van der Waals surface area (Å²) in [5.74, 6) is 2.63. The summed E-state index contributed by atoms with van der Waals surface area (Å²) in [5.41, 5.74) is 3.47. The second kappa shape index (κ2) is 6.87. The summed E-state index contributed by atoms with van der Waals surface area (Å²) in [6.45, 7) is 4.23. The molecule has 5 heteroatoms. The van der Waals surface area contributed by atoms with Gasteiger partial charge in [-0.2, -0.15) is 4.98 Å². The van der Waals surface area contributed by atoms with Crippen LogP contribution in [0, 0.1) is 13.8 Å². The molecule has 0 amide bonds. The molecule has 3 rings (SSSR count). The SMILES string of the molecule is COc1cccc(-c2noc(CSc3ccc(C)c(C)c3)n2)c1. The molecule has 0 saturated carbocycles. The molecule has 1 heterocycles. The summed E-state index contributed by atoms with van der Waals surface area (Å²) in [6.07, 6.45) is 0. The van der Waals surface area contributed by atoms with Crippen LogP contribution in [0.2, 0.25) is 0 Å². The van der Waals surface area contributed by atoms with Crippen molar-refractivity contribution < 1.29 is 9.26 Å². The van der Waals surface area contributed by atoms with Gasteiger partial charge in [0.1, 0.15) is 5.75 Å². The molecule has 1 aromatic heterocycles. The van der Waals surface area contributed by atoms with Crippen LogP contribution < -0.4 is 4.74 Å². The number of benzene rings is 2. The Morgan fingerprint density at radius 1 is 1.09 bits per heavy atom. The highest BCUT2D eigenvalue weighted by Gasteiger charge is 2.10. The van der Waals surface area contributed by atoms with Crippen LogP contribution >= 0.6 is 11.8 Å². The van der Waals surface area contributed by atoms with Crippen molar-refractivity contribution >= 4 is 11.8 Å². The summed E-state index contributed by atoms with van der Waals surface area (Å²) >= 11 is 1.69. The number of ether oxygens (including phenoxy) is 1. The van der Waals surface area contributed by atoms with E-state index in [0.29, 0.717) is 17.5 Å². The number of aromatic nitrogens is 2. The Morgan fingerprint density at radius 3 is 2.74 bits per heavy atom. The summed E-state index contributed by atoms with van der Waals surface area (Å²) in [5, 5.41) is 4.05. The van der Waals surface area contributed by atoms with E-state index in [2.05, 4.69) is 42.2 Å². The van der Waals surface area contributed by atoms with E-state index < -0.39 is 0 Å². The van der Waals surface area contributed by atoms with Crippen molar-refractivity contribution in [2.45, 2.75) is 24.5 Å². The Morgan fingerprint density at radius 2 is 1.96 bits per heavy atom. The van der Waals surface area contributed by atoms with E-state index in [-0.39, 0.29) is 0 Å². The molecular weight excluding hydrogens is 308 g/mol. The molecule has 4 nitrogen and oxygen atoms in total. The number of hydrogen-bond acceptors (Lipinski definition) is 5. The summed E-state index contributed by atoms with van der Waals surface area (Å²) in [4.78, 5) is 5.66. The molecule has 0 aliphatic heterocycles. The molecule has 0 fully saturated rings. The molecule has 0 aliphatic carbocycles. The van der Waals surface area contributed by atoms with Gasteiger partial charge in [0.15, 0.2) is 0 Å². The Kier molecular flexibility index (Phi) is 4.67. The number of methoxy groups -OCH3 is 1. The summed E-state index contributed by atoms with van der Waals surface area (Å²) < 4.78 is 10.6. The van der Waals surface area contributed by atoms with Crippen LogP contribution in [-0.4, -0.2) is 17.3 Å². The third-order valence-electron chi connectivity index (χ3n) is 3.64. The Hall–Kier alpha value is -2.27. The first kappa shape index (κ1) is 15.6. The van der Waals surface area contributed by atoms with Crippen LogP contribution in [0.5, 0.6) is 5.75 Å². The lowest BCUT2D eigenvalue weighted by atomic mass is 10.1. The van der Waals surface area contributed by atoms with E-state index in [1.807, 2.05) is 24.3 Å². The molecular formula is C18H18N2O2S. The van der Waals surface area contributed by atoms with Gasteiger partial charge in [-0.05, 0) is 49.2 Å². The Bertz CT molecular complexity index is 814. The van der Waals surface area contributed by atoms with Crippen molar-refractivity contribution in [1.82, 2.24) is 10.1 Å². The van der Waals surface area contributed by atoms with Gasteiger partial charge in [0.05, 0.1) is 12.9 Å². The van der Waals surface area contributed by atoms with Gasteiger partial charge in [-0.25, -0.2) is 0 Å². The van der Waals surface area contributed by atoms with Crippen molar-refractivity contribution in [3.05, 3.63) is 59.5 Å². The van der Waals surface area contributed by atoms with Gasteiger partial charge < -0.3 is 9.26 Å². The van der Waals surface area contributed by atoms with E-state index in [9.17, 15) is 0 Å². The van der Waals surface area contributed by atoms with Gasteiger partial charge in [0, 0.05) is 10.5 Å². The average Bonchev–Trinajstić information content (AvgIpc) is 3.05. The van der Waals surface area contributed by atoms with E-state index in [0.717, 1.165) is 11.3 Å². The van der Waals surface area contributed by atoms with Gasteiger partial charge in [-0.15, -0.1) is 11.8 Å². The lowest BCUT2D eigenvalue weighted by Gasteiger charge is -2.03. The lowest BCUT2D eigenvalue weighted by Crippen LogP contribution is -1.86. The molecule has 23 heavy (non-hydrogen) atoms. The van der Waals surface area contributed by atoms with Crippen LogP contribution in [0.15, 0.2) is 51.9 Å². The molecule has 0 saturated heterocycles. The second-order valence-electron chi connectivity index (χ2n) is 5.28. The lowest BCUT2D eigenvalue weighted by molar-refractivity contribution is 0.391. The largest absolute Gasteiger partial charge is 0.497 e. The Labute approximate surface area is 139 Å². The summed E-state index contributed by atoms with van der Waals surface area (Å²) in [6, 6.07) is 14.1. The van der Waals surface area contributed by atoms with Crippen LogP contribution in [0.1, 0.15) is 17.0 Å². The minimum atomic E-state index is 0.583. The summed E-state index contributed by atoms with van der Waals surface area (Å²) in [7, 11) is 1.64. The van der Waals surface area contributed by atoms with E-state index in [4.69, 9.17) is 9.26 Å². The first-order valence-corrected chi connectivity index (χ1v) is 8.31. The molecule has 0 spiro atoms. The number of aryl methyl sites for hydroxylation is 2. The van der Waals surface area contributed by atoms with Crippen LogP contribution in [-0.2, 0) is 5.75 Å². The molecule has 3 aromatic rings. The maximum absolute atomic E-state index is 5.35. The topological polar surface area (TPSA) is 48.2 Å². The molecule has 118 valence electrons. The maximum atomic E-state index is 5.35. The van der Waals surface area contributed by atoms with Crippen molar-refractivity contribution in [2.75, 3.05) is 7.11 Å². The molecule has 0 N–H and O–H groups in total. The fourth-order valence-corrected chi connectivity index (χ4v) is 2.97. The standard InChI is InChI=1S/C18H18N2O2S/c1-12-7-8-16(9-13(12)2)23-11-17-19-18(20-22-17)14-5-4-6-15(10-14)21-3/h4-10H,11H2,1-3H3. The normalized spacial score (nSPS) is 10.7. The van der Waals surface area contributed by atoms with Gasteiger partial charge >= 0.3 is 0 Å². The minimum absolute atomic E-state index is 0.583. The van der Waals surface area contributed by atoms with E-state index in [1.54, 1.807) is 18.9 Å². The number of rotatable bonds is 5.